The lowest BCUT2D eigenvalue weighted by atomic mass is 9.73. The molecule has 400 valence electrons. The molecule has 3 fully saturated rings. The third-order valence-electron chi connectivity index (χ3n) is 15.3. The van der Waals surface area contributed by atoms with Gasteiger partial charge in [0.25, 0.3) is 0 Å². The quantitative estimate of drug-likeness (QED) is 0.136. The lowest BCUT2D eigenvalue weighted by Crippen LogP contribution is -2.62. The molecule has 18 atom stereocenters. The average molecular weight is 1000 g/mol. The van der Waals surface area contributed by atoms with E-state index in [0.29, 0.717) is 19.4 Å². The number of allylic oxidation sites excluding steroid dienone is 1. The lowest BCUT2D eigenvalue weighted by molar-refractivity contribution is -0.320. The number of carbonyl (C=O) groups excluding carboxylic acids is 3. The molecular weight excluding hydrogens is 915 g/mol. The molecule has 0 aliphatic carbocycles. The summed E-state index contributed by atoms with van der Waals surface area (Å²) < 4.78 is 59.7. The van der Waals surface area contributed by atoms with Gasteiger partial charge >= 0.3 is 11.9 Å². The molecule has 0 radical (unpaired) electrons. The number of nitrogens with zero attached hydrogens (tertiary/aromatic N) is 3. The molecule has 0 bridgehead atoms. The molecule has 17 nitrogen and oxygen atoms in total. The van der Waals surface area contributed by atoms with Gasteiger partial charge in [-0.15, -0.1) is 0 Å². The van der Waals surface area contributed by atoms with E-state index in [1.165, 1.54) is 14.0 Å². The van der Waals surface area contributed by atoms with Crippen LogP contribution < -0.4 is 0 Å². The molecule has 71 heavy (non-hydrogen) atoms. The van der Waals surface area contributed by atoms with E-state index >= 15 is 0 Å². The summed E-state index contributed by atoms with van der Waals surface area (Å²) in [6.07, 6.45) is 0.0849. The maximum Gasteiger partial charge on any atom is 0.311 e. The highest BCUT2D eigenvalue weighted by Crippen LogP contribution is 2.42. The summed E-state index contributed by atoms with van der Waals surface area (Å²) in [6.45, 7) is 19.9. The molecular formula is C54H85N3O14. The number of ether oxygens (including phenoxy) is 9. The summed E-state index contributed by atoms with van der Waals surface area (Å²) in [7, 11) is 6.85. The number of aliphatic hydroxyl groups is 2. The minimum atomic E-state index is -1.85. The molecule has 2 aromatic rings. The first-order chi connectivity index (χ1) is 33.4. The number of aromatic nitrogens is 2. The Bertz CT molecular complexity index is 2050. The predicted octanol–water partition coefficient (Wildman–Crippen LogP) is 6.54. The molecule has 3 aliphatic heterocycles. The van der Waals surface area contributed by atoms with Gasteiger partial charge in [0.05, 0.1) is 60.7 Å². The normalized spacial score (nSPS) is 39.0. The van der Waals surface area contributed by atoms with Gasteiger partial charge in [-0.1, -0.05) is 70.2 Å². The van der Waals surface area contributed by atoms with Gasteiger partial charge in [0.2, 0.25) is 0 Å². The van der Waals surface area contributed by atoms with Crippen molar-refractivity contribution in [3.8, 4) is 11.3 Å². The predicted molar refractivity (Wildman–Crippen MR) is 266 cm³/mol. The Kier molecular flexibility index (Phi) is 20.6. The van der Waals surface area contributed by atoms with Crippen molar-refractivity contribution in [3.05, 3.63) is 55.0 Å². The Morgan fingerprint density at radius 2 is 1.58 bits per heavy atom. The van der Waals surface area contributed by atoms with E-state index < -0.39 is 108 Å². The van der Waals surface area contributed by atoms with E-state index in [4.69, 9.17) is 42.6 Å². The number of aliphatic hydroxyl groups excluding tert-OH is 1. The fourth-order valence-corrected chi connectivity index (χ4v) is 11.1. The second kappa shape index (κ2) is 25.1. The molecule has 2 N–H and O–H groups in total. The molecule has 17 heteroatoms. The average Bonchev–Trinajstić information content (AvgIpc) is 3.81. The highest BCUT2D eigenvalue weighted by Gasteiger charge is 2.55. The number of rotatable bonds is 16. The number of ketones is 1. The van der Waals surface area contributed by atoms with Crippen molar-refractivity contribution >= 4 is 17.7 Å². The Balaban J connectivity index is 1.51. The number of benzene rings is 1. The van der Waals surface area contributed by atoms with E-state index in [2.05, 4.69) is 4.98 Å². The zero-order chi connectivity index (χ0) is 52.6. The SMILES string of the molecule is CC[C@@H]1OC(=O)[C@H](C)[C@@H](O[C@H]2C[C@@](C)(OC)[C@@H](OC(C)=O)[C@H](C)O2)[C@H](C)[C@@H](OC2O[C@H](C)C[C@H](N(C)C)[C@H]2O)[C@@](C)(OC)C[C@@H](C)C(=O)[C@@H](C)[C@@H](OC/C=C/CCn2cnc(-c3ccccc3)c2)[C@]1(C)O. The Hall–Kier alpha value is -3.62. The summed E-state index contributed by atoms with van der Waals surface area (Å²) in [4.78, 5) is 48.4. The summed E-state index contributed by atoms with van der Waals surface area (Å²) in [5.74, 6) is -4.73. The van der Waals surface area contributed by atoms with Crippen LogP contribution in [0.3, 0.4) is 0 Å². The fourth-order valence-electron chi connectivity index (χ4n) is 11.1. The second-order valence-electron chi connectivity index (χ2n) is 21.1. The van der Waals surface area contributed by atoms with Crippen molar-refractivity contribution < 1.29 is 67.2 Å². The molecule has 1 aromatic carbocycles. The van der Waals surface area contributed by atoms with Crippen LogP contribution in [0.1, 0.15) is 108 Å². The van der Waals surface area contributed by atoms with Crippen molar-refractivity contribution in [2.24, 2.45) is 23.7 Å². The minimum Gasteiger partial charge on any atom is -0.459 e. The highest BCUT2D eigenvalue weighted by atomic mass is 16.7. The summed E-state index contributed by atoms with van der Waals surface area (Å²) in [5, 5.41) is 24.5. The van der Waals surface area contributed by atoms with Crippen molar-refractivity contribution in [3.63, 3.8) is 0 Å². The molecule has 0 spiro atoms. The van der Waals surface area contributed by atoms with Gasteiger partial charge in [0.15, 0.2) is 18.7 Å². The maximum absolute atomic E-state index is 14.9. The third kappa shape index (κ3) is 14.0. The van der Waals surface area contributed by atoms with Crippen molar-refractivity contribution in [2.75, 3.05) is 34.9 Å². The molecule has 3 aliphatic rings. The standard InChI is InChI=1S/C54H85N3O14/c1-16-42-54(11,62)48(65-26-22-18-21-25-57-30-40(55-31-57)39-23-19-17-20-24-39)34(4)44(59)32(2)28-52(9,63-14)47(71-51-45(60)41(56(12)13)27-33(3)66-51)35(5)46(36(6)50(61)69-42)70-43-29-53(10,64-15)49(37(7)67-43)68-38(8)58/h17-20,22-24,30-37,41-43,45-49,51,60,62H,16,21,25-29H2,1-15H3/b22-18+/t32-,33-,34-,35+,36-,37+,41+,42+,43+,45-,46+,47-,48-,49+,51?,52+,53-,54-/m1/s1. The van der Waals surface area contributed by atoms with Gasteiger partial charge in [0, 0.05) is 69.7 Å². The summed E-state index contributed by atoms with van der Waals surface area (Å²) in [5.41, 5.74) is -2.26. The van der Waals surface area contributed by atoms with Crippen LogP contribution in [-0.4, -0.2) is 162 Å². The number of hydrogen-bond acceptors (Lipinski definition) is 16. The van der Waals surface area contributed by atoms with Gasteiger partial charge in [-0.05, 0) is 81.3 Å². The van der Waals surface area contributed by atoms with E-state index in [9.17, 15) is 24.6 Å². The van der Waals surface area contributed by atoms with Crippen LogP contribution >= 0.6 is 0 Å². The fraction of sp³-hybridized carbons (Fsp3) is 0.741. The number of carbonyl (C=O) groups is 3. The van der Waals surface area contributed by atoms with E-state index in [1.54, 1.807) is 48.1 Å². The topological polar surface area (TPSA) is 196 Å². The van der Waals surface area contributed by atoms with Crippen LogP contribution in [0.4, 0.5) is 0 Å². The van der Waals surface area contributed by atoms with Crippen molar-refractivity contribution in [2.45, 2.75) is 199 Å². The number of likely N-dealkylation sites (N-methyl/N-ethyl adjacent to an activating group) is 1. The second-order valence-corrected chi connectivity index (χ2v) is 21.1. The number of cyclic esters (lactones) is 1. The summed E-state index contributed by atoms with van der Waals surface area (Å²) >= 11 is 0. The first kappa shape index (κ1) is 58.3. The Morgan fingerprint density at radius 1 is 0.915 bits per heavy atom. The number of hydrogen-bond donors (Lipinski definition) is 2. The van der Waals surface area contributed by atoms with Crippen LogP contribution in [0.5, 0.6) is 0 Å². The zero-order valence-electron chi connectivity index (χ0n) is 44.9. The van der Waals surface area contributed by atoms with Crippen molar-refractivity contribution in [1.82, 2.24) is 14.5 Å². The summed E-state index contributed by atoms with van der Waals surface area (Å²) in [6, 6.07) is 9.66. The van der Waals surface area contributed by atoms with E-state index in [-0.39, 0.29) is 43.8 Å². The van der Waals surface area contributed by atoms with Gasteiger partial charge in [0.1, 0.15) is 29.2 Å². The van der Waals surface area contributed by atoms with Gasteiger partial charge in [-0.25, -0.2) is 4.98 Å². The molecule has 1 aromatic heterocycles. The first-order valence-electron chi connectivity index (χ1n) is 25.4. The smallest absolute Gasteiger partial charge is 0.311 e. The van der Waals surface area contributed by atoms with Crippen LogP contribution in [0, 0.1) is 23.7 Å². The minimum absolute atomic E-state index is 0.0700. The third-order valence-corrected chi connectivity index (χ3v) is 15.3. The van der Waals surface area contributed by atoms with Crippen LogP contribution in [0.25, 0.3) is 11.3 Å². The maximum atomic E-state index is 14.9. The van der Waals surface area contributed by atoms with E-state index in [0.717, 1.165) is 11.3 Å². The van der Waals surface area contributed by atoms with Crippen LogP contribution in [0.15, 0.2) is 55.0 Å². The molecule has 3 saturated heterocycles. The molecule has 4 heterocycles. The lowest BCUT2D eigenvalue weighted by Gasteiger charge is -2.50. The van der Waals surface area contributed by atoms with Crippen LogP contribution in [0.2, 0.25) is 0 Å². The molecule has 1 unspecified atom stereocenters. The molecule has 0 saturated carbocycles. The van der Waals surface area contributed by atoms with Gasteiger partial charge in [-0.2, -0.15) is 0 Å². The first-order valence-corrected chi connectivity index (χ1v) is 25.4. The number of methoxy groups -OCH3 is 2. The molecule has 0 amide bonds. The molecule has 5 rings (SSSR count). The van der Waals surface area contributed by atoms with Crippen LogP contribution in [-0.2, 0) is 63.6 Å². The van der Waals surface area contributed by atoms with Gasteiger partial charge in [-0.3, -0.25) is 14.4 Å². The number of imidazole rings is 1. The number of esters is 2. The number of aryl methyl sites for hydroxylation is 1. The van der Waals surface area contributed by atoms with Gasteiger partial charge < -0.3 is 62.3 Å². The largest absolute Gasteiger partial charge is 0.459 e. The zero-order valence-corrected chi connectivity index (χ0v) is 44.9. The highest BCUT2D eigenvalue weighted by molar-refractivity contribution is 5.83. The van der Waals surface area contributed by atoms with E-state index in [1.807, 2.05) is 107 Å². The Labute approximate surface area is 422 Å². The monoisotopic (exact) mass is 1000 g/mol. The Morgan fingerprint density at radius 3 is 2.20 bits per heavy atom. The van der Waals surface area contributed by atoms with Crippen molar-refractivity contribution in [1.29, 1.82) is 0 Å². The number of Topliss-reactive ketones (excluding diaryl/α,β-unsaturated/α-hetero) is 1.